The molecule has 110 valence electrons. The van der Waals surface area contributed by atoms with Gasteiger partial charge in [0, 0.05) is 24.2 Å². The van der Waals surface area contributed by atoms with Gasteiger partial charge in [-0.25, -0.2) is 0 Å². The van der Waals surface area contributed by atoms with Crippen LogP contribution in [0.3, 0.4) is 0 Å². The van der Waals surface area contributed by atoms with Crippen molar-refractivity contribution in [3.05, 3.63) is 34.9 Å². The van der Waals surface area contributed by atoms with E-state index in [9.17, 15) is 0 Å². The average molecular weight is 312 g/mol. The van der Waals surface area contributed by atoms with Crippen LogP contribution in [0.2, 0.25) is 5.02 Å². The van der Waals surface area contributed by atoms with Crippen molar-refractivity contribution in [2.45, 2.75) is 43.9 Å². The van der Waals surface area contributed by atoms with Crippen molar-refractivity contribution < 1.29 is 4.74 Å². The highest BCUT2D eigenvalue weighted by Gasteiger charge is 2.38. The molecule has 1 unspecified atom stereocenters. The van der Waals surface area contributed by atoms with Gasteiger partial charge in [0.05, 0.1) is 5.60 Å². The van der Waals surface area contributed by atoms with E-state index in [2.05, 4.69) is 23.1 Å². The summed E-state index contributed by atoms with van der Waals surface area (Å²) in [6.45, 7) is 1.75. The molecule has 0 radical (unpaired) electrons. The maximum Gasteiger partial charge on any atom is 0.0713 e. The number of halogens is 1. The summed E-state index contributed by atoms with van der Waals surface area (Å²) in [5.41, 5.74) is 1.34. The second-order valence-electron chi connectivity index (χ2n) is 5.81. The lowest BCUT2D eigenvalue weighted by Gasteiger charge is -2.43. The largest absolute Gasteiger partial charge is 0.375 e. The van der Waals surface area contributed by atoms with Crippen molar-refractivity contribution in [3.8, 4) is 0 Å². The van der Waals surface area contributed by atoms with E-state index in [1.54, 1.807) is 0 Å². The predicted octanol–water partition coefficient (Wildman–Crippen LogP) is 3.87. The highest BCUT2D eigenvalue weighted by molar-refractivity contribution is 7.99. The van der Waals surface area contributed by atoms with E-state index in [1.165, 1.54) is 29.9 Å². The monoisotopic (exact) mass is 311 g/mol. The SMILES string of the molecule is Clc1ccccc1CNC1CCOC2(CCSCC2)C1. The molecule has 20 heavy (non-hydrogen) atoms. The molecule has 2 fully saturated rings. The van der Waals surface area contributed by atoms with Crippen molar-refractivity contribution in [1.82, 2.24) is 5.32 Å². The number of hydrogen-bond acceptors (Lipinski definition) is 3. The van der Waals surface area contributed by atoms with Crippen molar-refractivity contribution in [2.75, 3.05) is 18.1 Å². The van der Waals surface area contributed by atoms with Crippen LogP contribution >= 0.6 is 23.4 Å². The molecule has 2 aliphatic rings. The summed E-state index contributed by atoms with van der Waals surface area (Å²) in [5.74, 6) is 2.49. The normalized spacial score (nSPS) is 25.8. The number of rotatable bonds is 3. The Kier molecular flexibility index (Phi) is 4.92. The first-order valence-electron chi connectivity index (χ1n) is 7.46. The maximum atomic E-state index is 6.22. The lowest BCUT2D eigenvalue weighted by molar-refractivity contribution is -0.0933. The highest BCUT2D eigenvalue weighted by Crippen LogP contribution is 2.37. The summed E-state index contributed by atoms with van der Waals surface area (Å²) in [7, 11) is 0. The minimum atomic E-state index is 0.154. The van der Waals surface area contributed by atoms with Crippen molar-refractivity contribution in [1.29, 1.82) is 0 Å². The van der Waals surface area contributed by atoms with Crippen LogP contribution in [-0.4, -0.2) is 29.8 Å². The van der Waals surface area contributed by atoms with Crippen molar-refractivity contribution in [3.63, 3.8) is 0 Å². The summed E-state index contributed by atoms with van der Waals surface area (Å²) in [6.07, 6.45) is 4.68. The topological polar surface area (TPSA) is 21.3 Å². The van der Waals surface area contributed by atoms with E-state index in [0.29, 0.717) is 6.04 Å². The first-order valence-corrected chi connectivity index (χ1v) is 8.99. The Labute approximate surface area is 130 Å². The fraction of sp³-hybridized carbons (Fsp3) is 0.625. The van der Waals surface area contributed by atoms with Crippen LogP contribution in [0.4, 0.5) is 0 Å². The van der Waals surface area contributed by atoms with Crippen LogP contribution in [0.1, 0.15) is 31.2 Å². The third-order valence-electron chi connectivity index (χ3n) is 4.44. The van der Waals surface area contributed by atoms with Crippen LogP contribution in [0.5, 0.6) is 0 Å². The Balaban J connectivity index is 1.56. The van der Waals surface area contributed by atoms with Crippen molar-refractivity contribution >= 4 is 23.4 Å². The van der Waals surface area contributed by atoms with Gasteiger partial charge in [0.2, 0.25) is 0 Å². The Morgan fingerprint density at radius 3 is 2.90 bits per heavy atom. The van der Waals surface area contributed by atoms with Gasteiger partial charge in [-0.05, 0) is 48.8 Å². The van der Waals surface area contributed by atoms with Crippen LogP contribution in [-0.2, 0) is 11.3 Å². The molecule has 1 aromatic carbocycles. The van der Waals surface area contributed by atoms with Crippen LogP contribution < -0.4 is 5.32 Å². The van der Waals surface area contributed by atoms with Gasteiger partial charge in [0.15, 0.2) is 0 Å². The third kappa shape index (κ3) is 3.51. The molecule has 0 saturated carbocycles. The molecule has 0 bridgehead atoms. The summed E-state index contributed by atoms with van der Waals surface area (Å²) >= 11 is 8.27. The molecule has 0 aromatic heterocycles. The molecular formula is C16H22ClNOS. The lowest BCUT2D eigenvalue weighted by Crippen LogP contribution is -2.48. The Hall–Kier alpha value is -0.220. The summed E-state index contributed by atoms with van der Waals surface area (Å²) in [5, 5.41) is 4.54. The maximum absolute atomic E-state index is 6.22. The van der Waals surface area contributed by atoms with E-state index in [4.69, 9.17) is 16.3 Å². The van der Waals surface area contributed by atoms with Gasteiger partial charge in [-0.15, -0.1) is 0 Å². The minimum Gasteiger partial charge on any atom is -0.375 e. The van der Waals surface area contributed by atoms with Gasteiger partial charge < -0.3 is 10.1 Å². The zero-order valence-electron chi connectivity index (χ0n) is 11.7. The average Bonchev–Trinajstić information content (AvgIpc) is 2.47. The molecule has 0 amide bonds. The van der Waals surface area contributed by atoms with E-state index >= 15 is 0 Å². The molecular weight excluding hydrogens is 290 g/mol. The smallest absolute Gasteiger partial charge is 0.0713 e. The number of benzene rings is 1. The lowest BCUT2D eigenvalue weighted by atomic mass is 9.85. The summed E-state index contributed by atoms with van der Waals surface area (Å²) in [4.78, 5) is 0. The summed E-state index contributed by atoms with van der Waals surface area (Å²) < 4.78 is 6.13. The predicted molar refractivity (Wildman–Crippen MR) is 86.6 cm³/mol. The van der Waals surface area contributed by atoms with Crippen LogP contribution in [0, 0.1) is 0 Å². The van der Waals surface area contributed by atoms with Gasteiger partial charge in [0.1, 0.15) is 0 Å². The van der Waals surface area contributed by atoms with Gasteiger partial charge in [0.25, 0.3) is 0 Å². The van der Waals surface area contributed by atoms with E-state index < -0.39 is 0 Å². The molecule has 2 nitrogen and oxygen atoms in total. The van der Waals surface area contributed by atoms with E-state index in [-0.39, 0.29) is 5.60 Å². The number of nitrogens with one attached hydrogen (secondary N) is 1. The van der Waals surface area contributed by atoms with Crippen LogP contribution in [0.25, 0.3) is 0 Å². The van der Waals surface area contributed by atoms with Crippen LogP contribution in [0.15, 0.2) is 24.3 Å². The fourth-order valence-corrected chi connectivity index (χ4v) is 4.63. The molecule has 4 heteroatoms. The molecule has 0 aliphatic carbocycles. The molecule has 1 spiro atoms. The fourth-order valence-electron chi connectivity index (χ4n) is 3.19. The molecule has 2 aliphatic heterocycles. The molecule has 1 atom stereocenters. The molecule has 1 aromatic rings. The third-order valence-corrected chi connectivity index (χ3v) is 5.79. The number of hydrogen-bond donors (Lipinski definition) is 1. The van der Waals surface area contributed by atoms with Gasteiger partial charge in [-0.3, -0.25) is 0 Å². The van der Waals surface area contributed by atoms with Gasteiger partial charge in [-0.1, -0.05) is 29.8 Å². The Bertz CT molecular complexity index is 442. The highest BCUT2D eigenvalue weighted by atomic mass is 35.5. The molecule has 3 rings (SSSR count). The number of thioether (sulfide) groups is 1. The zero-order valence-corrected chi connectivity index (χ0v) is 13.3. The quantitative estimate of drug-likeness (QED) is 0.915. The zero-order chi connectivity index (χ0) is 13.8. The molecule has 2 heterocycles. The second-order valence-corrected chi connectivity index (χ2v) is 7.44. The first-order chi connectivity index (χ1) is 9.77. The Morgan fingerprint density at radius 1 is 1.30 bits per heavy atom. The summed E-state index contributed by atoms with van der Waals surface area (Å²) in [6, 6.07) is 8.65. The van der Waals surface area contributed by atoms with Gasteiger partial charge >= 0.3 is 0 Å². The number of ether oxygens (including phenoxy) is 1. The minimum absolute atomic E-state index is 0.154. The second kappa shape index (κ2) is 6.69. The van der Waals surface area contributed by atoms with Gasteiger partial charge in [-0.2, -0.15) is 11.8 Å². The van der Waals surface area contributed by atoms with E-state index in [0.717, 1.165) is 31.0 Å². The molecule has 1 N–H and O–H groups in total. The molecule has 2 saturated heterocycles. The first kappa shape index (κ1) is 14.7. The van der Waals surface area contributed by atoms with E-state index in [1.807, 2.05) is 18.2 Å². The van der Waals surface area contributed by atoms with Crippen molar-refractivity contribution in [2.24, 2.45) is 0 Å². The standard InChI is InChI=1S/C16H22ClNOS/c17-15-4-2-1-3-13(15)12-18-14-5-8-19-16(11-14)6-9-20-10-7-16/h1-4,14,18H,5-12H2. The Morgan fingerprint density at radius 2 is 2.10 bits per heavy atom.